The van der Waals surface area contributed by atoms with E-state index in [-0.39, 0.29) is 24.0 Å². The number of halogens is 1. The lowest BCUT2D eigenvalue weighted by atomic mass is 10.1. The van der Waals surface area contributed by atoms with Crippen LogP contribution in [-0.2, 0) is 6.42 Å². The van der Waals surface area contributed by atoms with Crippen molar-refractivity contribution < 1.29 is 4.52 Å². The fraction of sp³-hybridized carbons (Fsp3) is 0.765. The van der Waals surface area contributed by atoms with E-state index in [2.05, 4.69) is 41.0 Å². The molecule has 138 valence electrons. The predicted molar refractivity (Wildman–Crippen MR) is 114 cm³/mol. The summed E-state index contributed by atoms with van der Waals surface area (Å²) in [5, 5.41) is 8.20. The first-order valence-corrected chi connectivity index (χ1v) is 9.77. The Bertz CT molecular complexity index is 501. The lowest BCUT2D eigenvalue weighted by Gasteiger charge is -2.34. The molecule has 1 aromatic rings. The second-order valence-corrected chi connectivity index (χ2v) is 7.40. The molecule has 24 heavy (non-hydrogen) atoms. The average molecular weight is 466 g/mol. The van der Waals surface area contributed by atoms with Gasteiger partial charge in [0.1, 0.15) is 5.76 Å². The lowest BCUT2D eigenvalue weighted by Crippen LogP contribution is -2.48. The van der Waals surface area contributed by atoms with Gasteiger partial charge >= 0.3 is 0 Å². The van der Waals surface area contributed by atoms with Gasteiger partial charge in [0, 0.05) is 42.7 Å². The zero-order valence-corrected chi connectivity index (χ0v) is 18.4. The van der Waals surface area contributed by atoms with Gasteiger partial charge in [0.15, 0.2) is 5.96 Å². The summed E-state index contributed by atoms with van der Waals surface area (Å²) in [5.41, 5.74) is 2.25. The number of nitrogens with zero attached hydrogens (tertiary/aromatic N) is 3. The molecule has 0 bridgehead atoms. The number of aromatic nitrogens is 1. The van der Waals surface area contributed by atoms with Crippen LogP contribution in [-0.4, -0.2) is 53.2 Å². The minimum absolute atomic E-state index is 0. The van der Waals surface area contributed by atoms with Crippen LogP contribution in [0.25, 0.3) is 0 Å². The van der Waals surface area contributed by atoms with Crippen LogP contribution in [0.1, 0.15) is 43.7 Å². The van der Waals surface area contributed by atoms with Crippen LogP contribution in [0.4, 0.5) is 0 Å². The standard InChI is InChI=1S/C17H30N4OS.HI/c1-5-15-12-21(10-11-23-15)17(18-6-2)19-9-7-8-16-13(3)20-22-14(16)4;/h15H,5-12H2,1-4H3,(H,18,19);1H. The van der Waals surface area contributed by atoms with Gasteiger partial charge in [-0.3, -0.25) is 4.99 Å². The average Bonchev–Trinajstić information content (AvgIpc) is 2.89. The summed E-state index contributed by atoms with van der Waals surface area (Å²) in [6.45, 7) is 12.4. The number of thioether (sulfide) groups is 1. The van der Waals surface area contributed by atoms with E-state index in [1.54, 1.807) is 0 Å². The summed E-state index contributed by atoms with van der Waals surface area (Å²) >= 11 is 2.09. The highest BCUT2D eigenvalue weighted by atomic mass is 127. The van der Waals surface area contributed by atoms with Crippen molar-refractivity contribution in [2.24, 2.45) is 4.99 Å². The van der Waals surface area contributed by atoms with Gasteiger partial charge in [0.25, 0.3) is 0 Å². The zero-order chi connectivity index (χ0) is 16.7. The highest BCUT2D eigenvalue weighted by molar-refractivity contribution is 14.0. The van der Waals surface area contributed by atoms with E-state index >= 15 is 0 Å². The smallest absolute Gasteiger partial charge is 0.193 e. The molecule has 7 heteroatoms. The van der Waals surface area contributed by atoms with E-state index in [0.29, 0.717) is 0 Å². The molecule has 2 heterocycles. The molecule has 1 saturated heterocycles. The normalized spacial score (nSPS) is 18.4. The molecule has 1 fully saturated rings. The number of nitrogens with one attached hydrogen (secondary N) is 1. The third-order valence-corrected chi connectivity index (χ3v) is 5.63. The SMILES string of the molecule is CCNC(=NCCCc1c(C)noc1C)N1CCSC(CC)C1.I. The largest absolute Gasteiger partial charge is 0.361 e. The number of hydrogen-bond donors (Lipinski definition) is 1. The van der Waals surface area contributed by atoms with E-state index < -0.39 is 0 Å². The first-order chi connectivity index (χ1) is 11.2. The molecular weight excluding hydrogens is 435 g/mol. The third kappa shape index (κ3) is 6.13. The molecule has 0 aliphatic carbocycles. The van der Waals surface area contributed by atoms with Crippen molar-refractivity contribution in [3.63, 3.8) is 0 Å². The summed E-state index contributed by atoms with van der Waals surface area (Å²) in [7, 11) is 0. The molecule has 1 aliphatic rings. The minimum Gasteiger partial charge on any atom is -0.361 e. The quantitative estimate of drug-likeness (QED) is 0.300. The van der Waals surface area contributed by atoms with Crippen LogP contribution in [0.15, 0.2) is 9.52 Å². The van der Waals surface area contributed by atoms with E-state index in [1.807, 2.05) is 13.8 Å². The van der Waals surface area contributed by atoms with Crippen molar-refractivity contribution in [2.75, 3.05) is 31.9 Å². The maximum absolute atomic E-state index is 5.22. The highest BCUT2D eigenvalue weighted by Gasteiger charge is 2.21. The lowest BCUT2D eigenvalue weighted by molar-refractivity contribution is 0.392. The van der Waals surface area contributed by atoms with E-state index in [0.717, 1.165) is 61.7 Å². The number of hydrogen-bond acceptors (Lipinski definition) is 4. The second kappa shape index (κ2) is 11.2. The van der Waals surface area contributed by atoms with E-state index in [9.17, 15) is 0 Å². The molecule has 1 atom stereocenters. The summed E-state index contributed by atoms with van der Waals surface area (Å²) in [5.74, 6) is 3.21. The fourth-order valence-corrected chi connectivity index (χ4v) is 4.06. The Balaban J connectivity index is 0.00000288. The van der Waals surface area contributed by atoms with Gasteiger partial charge in [-0.25, -0.2) is 0 Å². The minimum atomic E-state index is 0. The van der Waals surface area contributed by atoms with Crippen LogP contribution >= 0.6 is 35.7 Å². The van der Waals surface area contributed by atoms with Crippen molar-refractivity contribution in [2.45, 2.75) is 52.2 Å². The zero-order valence-electron chi connectivity index (χ0n) is 15.3. The third-order valence-electron chi connectivity index (χ3n) is 4.26. The highest BCUT2D eigenvalue weighted by Crippen LogP contribution is 2.21. The molecule has 0 saturated carbocycles. The number of rotatable bonds is 6. The number of aliphatic imine (C=N–C) groups is 1. The van der Waals surface area contributed by atoms with Gasteiger partial charge in [-0.15, -0.1) is 24.0 Å². The van der Waals surface area contributed by atoms with Gasteiger partial charge in [0.05, 0.1) is 5.69 Å². The van der Waals surface area contributed by atoms with Gasteiger partial charge in [-0.1, -0.05) is 12.1 Å². The maximum atomic E-state index is 5.22. The molecule has 1 unspecified atom stereocenters. The van der Waals surface area contributed by atoms with Gasteiger partial charge in [-0.05, 0) is 40.0 Å². The van der Waals surface area contributed by atoms with Gasteiger partial charge in [-0.2, -0.15) is 11.8 Å². The topological polar surface area (TPSA) is 53.7 Å². The Labute approximate surface area is 167 Å². The summed E-state index contributed by atoms with van der Waals surface area (Å²) in [4.78, 5) is 7.26. The van der Waals surface area contributed by atoms with Crippen LogP contribution < -0.4 is 5.32 Å². The Morgan fingerprint density at radius 3 is 2.83 bits per heavy atom. The van der Waals surface area contributed by atoms with Crippen LogP contribution in [0.2, 0.25) is 0 Å². The van der Waals surface area contributed by atoms with Crippen LogP contribution in [0.3, 0.4) is 0 Å². The molecule has 1 aromatic heterocycles. The van der Waals surface area contributed by atoms with Crippen molar-refractivity contribution >= 4 is 41.7 Å². The summed E-state index contributed by atoms with van der Waals surface area (Å²) in [6.07, 6.45) is 3.24. The molecule has 1 N–H and O–H groups in total. The molecule has 0 spiro atoms. The molecule has 5 nitrogen and oxygen atoms in total. The maximum Gasteiger partial charge on any atom is 0.193 e. The Morgan fingerprint density at radius 2 is 2.21 bits per heavy atom. The molecule has 0 radical (unpaired) electrons. The molecular formula is C17H31IN4OS. The van der Waals surface area contributed by atoms with Crippen LogP contribution in [0.5, 0.6) is 0 Å². The van der Waals surface area contributed by atoms with Crippen molar-refractivity contribution in [1.29, 1.82) is 0 Å². The van der Waals surface area contributed by atoms with Crippen molar-refractivity contribution in [1.82, 2.24) is 15.4 Å². The van der Waals surface area contributed by atoms with Crippen LogP contribution in [0, 0.1) is 13.8 Å². The molecule has 0 aromatic carbocycles. The van der Waals surface area contributed by atoms with Gasteiger partial charge < -0.3 is 14.7 Å². The first kappa shape index (κ1) is 21.6. The van der Waals surface area contributed by atoms with E-state index in [4.69, 9.17) is 9.52 Å². The second-order valence-electron chi connectivity index (χ2n) is 5.99. The molecule has 1 aliphatic heterocycles. The summed E-state index contributed by atoms with van der Waals surface area (Å²) < 4.78 is 5.22. The Kier molecular flexibility index (Phi) is 10.1. The molecule has 0 amide bonds. The fourth-order valence-electron chi connectivity index (χ4n) is 2.88. The predicted octanol–water partition coefficient (Wildman–Crippen LogP) is 3.63. The van der Waals surface area contributed by atoms with Crippen molar-refractivity contribution in [3.8, 4) is 0 Å². The monoisotopic (exact) mass is 466 g/mol. The van der Waals surface area contributed by atoms with Crippen molar-refractivity contribution in [3.05, 3.63) is 17.0 Å². The molecule has 2 rings (SSSR count). The summed E-state index contributed by atoms with van der Waals surface area (Å²) in [6, 6.07) is 0. The number of guanidine groups is 1. The number of aryl methyl sites for hydroxylation is 2. The Morgan fingerprint density at radius 1 is 1.42 bits per heavy atom. The van der Waals surface area contributed by atoms with Gasteiger partial charge in [0.2, 0.25) is 0 Å². The van der Waals surface area contributed by atoms with E-state index in [1.165, 1.54) is 17.7 Å². The Hall–Kier alpha value is -0.440. The first-order valence-electron chi connectivity index (χ1n) is 8.72.